The van der Waals surface area contributed by atoms with E-state index in [1.807, 2.05) is 37.3 Å². The summed E-state index contributed by atoms with van der Waals surface area (Å²) in [4.78, 5) is 24.2. The number of hydrogen-bond donors (Lipinski definition) is 2. The molecule has 0 saturated carbocycles. The molecule has 0 unspecified atom stereocenters. The fourth-order valence-electron chi connectivity index (χ4n) is 2.95. The third kappa shape index (κ3) is 3.86. The predicted molar refractivity (Wildman–Crippen MR) is 99.8 cm³/mol. The lowest BCUT2D eigenvalue weighted by Gasteiger charge is -2.17. The molecule has 1 aliphatic heterocycles. The van der Waals surface area contributed by atoms with Crippen molar-refractivity contribution in [3.8, 4) is 0 Å². The minimum atomic E-state index is -0.396. The fraction of sp³-hybridized carbons (Fsp3) is 0.300. The number of para-hydroxylation sites is 2. The molecule has 2 aromatic rings. The molecule has 6 heteroatoms. The van der Waals surface area contributed by atoms with E-state index in [2.05, 4.69) is 10.6 Å². The third-order valence-electron chi connectivity index (χ3n) is 4.42. The number of nitrogens with one attached hydrogen (secondary N) is 2. The Kier molecular flexibility index (Phi) is 5.53. The van der Waals surface area contributed by atoms with E-state index in [1.165, 1.54) is 7.11 Å². The van der Waals surface area contributed by atoms with E-state index < -0.39 is 6.10 Å². The lowest BCUT2D eigenvalue weighted by Crippen LogP contribution is -2.27. The van der Waals surface area contributed by atoms with Crippen LogP contribution in [0, 0.1) is 6.92 Å². The monoisotopic (exact) mass is 354 g/mol. The minimum Gasteiger partial charge on any atom is -0.465 e. The number of ether oxygens (including phenoxy) is 2. The van der Waals surface area contributed by atoms with Crippen molar-refractivity contribution in [3.63, 3.8) is 0 Å². The van der Waals surface area contributed by atoms with E-state index in [1.54, 1.807) is 12.1 Å². The average Bonchev–Trinajstić information content (AvgIpc) is 3.19. The molecule has 1 atom stereocenters. The zero-order chi connectivity index (χ0) is 18.5. The van der Waals surface area contributed by atoms with Gasteiger partial charge in [-0.25, -0.2) is 4.79 Å². The van der Waals surface area contributed by atoms with Crippen LogP contribution in [0.15, 0.2) is 42.5 Å². The number of esters is 1. The SMILES string of the molecule is COC(=O)c1cccc(Nc2ccccc2NC(=O)[C@@H]2CCCO2)c1C. The average molecular weight is 354 g/mol. The molecule has 0 spiro atoms. The molecule has 1 saturated heterocycles. The second-order valence-electron chi connectivity index (χ2n) is 6.13. The number of hydrogen-bond acceptors (Lipinski definition) is 5. The van der Waals surface area contributed by atoms with Crippen molar-refractivity contribution in [2.45, 2.75) is 25.9 Å². The summed E-state index contributed by atoms with van der Waals surface area (Å²) >= 11 is 0. The van der Waals surface area contributed by atoms with Gasteiger partial charge in [0.05, 0.1) is 24.0 Å². The van der Waals surface area contributed by atoms with Gasteiger partial charge in [-0.15, -0.1) is 0 Å². The molecule has 1 amide bonds. The molecule has 136 valence electrons. The molecule has 0 aromatic heterocycles. The van der Waals surface area contributed by atoms with Crippen LogP contribution in [0.4, 0.5) is 17.1 Å². The summed E-state index contributed by atoms with van der Waals surface area (Å²) in [5.41, 5.74) is 3.45. The normalized spacial score (nSPS) is 16.2. The maximum atomic E-state index is 12.3. The van der Waals surface area contributed by atoms with Gasteiger partial charge in [0.2, 0.25) is 0 Å². The van der Waals surface area contributed by atoms with Crippen LogP contribution < -0.4 is 10.6 Å². The first-order chi connectivity index (χ1) is 12.6. The van der Waals surface area contributed by atoms with Crippen LogP contribution in [0.2, 0.25) is 0 Å². The zero-order valence-electron chi connectivity index (χ0n) is 14.9. The highest BCUT2D eigenvalue weighted by Gasteiger charge is 2.24. The van der Waals surface area contributed by atoms with Crippen molar-refractivity contribution in [1.82, 2.24) is 0 Å². The van der Waals surface area contributed by atoms with E-state index in [0.717, 1.165) is 29.8 Å². The van der Waals surface area contributed by atoms with Crippen molar-refractivity contribution in [3.05, 3.63) is 53.6 Å². The Bertz CT molecular complexity index is 813. The lowest BCUT2D eigenvalue weighted by atomic mass is 10.1. The van der Waals surface area contributed by atoms with Gasteiger partial charge in [-0.1, -0.05) is 18.2 Å². The second kappa shape index (κ2) is 8.01. The van der Waals surface area contributed by atoms with Crippen LogP contribution in [0.1, 0.15) is 28.8 Å². The van der Waals surface area contributed by atoms with Crippen molar-refractivity contribution in [2.75, 3.05) is 24.4 Å². The van der Waals surface area contributed by atoms with Gasteiger partial charge in [-0.3, -0.25) is 4.79 Å². The molecule has 0 bridgehead atoms. The van der Waals surface area contributed by atoms with E-state index >= 15 is 0 Å². The largest absolute Gasteiger partial charge is 0.465 e. The Morgan fingerprint density at radius 1 is 1.08 bits per heavy atom. The van der Waals surface area contributed by atoms with Gasteiger partial charge in [0, 0.05) is 12.3 Å². The van der Waals surface area contributed by atoms with Gasteiger partial charge in [0.1, 0.15) is 6.10 Å². The topological polar surface area (TPSA) is 76.7 Å². The van der Waals surface area contributed by atoms with Gasteiger partial charge in [-0.2, -0.15) is 0 Å². The molecule has 2 N–H and O–H groups in total. The number of carbonyl (C=O) groups excluding carboxylic acids is 2. The van der Waals surface area contributed by atoms with Gasteiger partial charge in [0.25, 0.3) is 5.91 Å². The van der Waals surface area contributed by atoms with Crippen LogP contribution in [0.3, 0.4) is 0 Å². The standard InChI is InChI=1S/C20H22N2O4/c1-13-14(20(24)25-2)7-5-10-15(13)21-16-8-3-4-9-17(16)22-19(23)18-11-6-12-26-18/h3-5,7-10,18,21H,6,11-12H2,1-2H3,(H,22,23)/t18-/m0/s1. The van der Waals surface area contributed by atoms with Gasteiger partial charge >= 0.3 is 5.97 Å². The summed E-state index contributed by atoms with van der Waals surface area (Å²) < 4.78 is 10.3. The first-order valence-corrected chi connectivity index (χ1v) is 8.56. The first kappa shape index (κ1) is 17.9. The summed E-state index contributed by atoms with van der Waals surface area (Å²) in [7, 11) is 1.36. The highest BCUT2D eigenvalue weighted by Crippen LogP contribution is 2.29. The van der Waals surface area contributed by atoms with Crippen LogP contribution in [0.25, 0.3) is 0 Å². The smallest absolute Gasteiger partial charge is 0.338 e. The van der Waals surface area contributed by atoms with Crippen molar-refractivity contribution >= 4 is 28.9 Å². The number of amides is 1. The maximum Gasteiger partial charge on any atom is 0.338 e. The number of methoxy groups -OCH3 is 1. The van der Waals surface area contributed by atoms with Crippen LogP contribution in [-0.2, 0) is 14.3 Å². The van der Waals surface area contributed by atoms with Gasteiger partial charge in [0.15, 0.2) is 0 Å². The number of carbonyl (C=O) groups is 2. The van der Waals surface area contributed by atoms with Crippen molar-refractivity contribution in [1.29, 1.82) is 0 Å². The van der Waals surface area contributed by atoms with Crippen molar-refractivity contribution < 1.29 is 19.1 Å². The third-order valence-corrected chi connectivity index (χ3v) is 4.42. The molecule has 6 nitrogen and oxygen atoms in total. The highest BCUT2D eigenvalue weighted by atomic mass is 16.5. The highest BCUT2D eigenvalue weighted by molar-refractivity contribution is 5.98. The number of anilines is 3. The Morgan fingerprint density at radius 3 is 2.50 bits per heavy atom. The molecule has 2 aromatic carbocycles. The van der Waals surface area contributed by atoms with Crippen LogP contribution in [-0.4, -0.2) is 31.7 Å². The molecule has 1 aliphatic rings. The molecular formula is C20H22N2O4. The Morgan fingerprint density at radius 2 is 1.81 bits per heavy atom. The molecule has 1 fully saturated rings. The Balaban J connectivity index is 1.82. The summed E-state index contributed by atoms with van der Waals surface area (Å²) in [6.45, 7) is 2.47. The van der Waals surface area contributed by atoms with E-state index in [-0.39, 0.29) is 11.9 Å². The van der Waals surface area contributed by atoms with Crippen LogP contribution >= 0.6 is 0 Å². The molecule has 3 rings (SSSR count). The van der Waals surface area contributed by atoms with Crippen molar-refractivity contribution in [2.24, 2.45) is 0 Å². The summed E-state index contributed by atoms with van der Waals surface area (Å²) in [5, 5.41) is 6.22. The quantitative estimate of drug-likeness (QED) is 0.802. The molecule has 0 aliphatic carbocycles. The van der Waals surface area contributed by atoms with Crippen LogP contribution in [0.5, 0.6) is 0 Å². The Hall–Kier alpha value is -2.86. The summed E-state index contributed by atoms with van der Waals surface area (Å²) in [6.07, 6.45) is 1.24. The maximum absolute atomic E-state index is 12.3. The lowest BCUT2D eigenvalue weighted by molar-refractivity contribution is -0.124. The number of rotatable bonds is 5. The molecule has 0 radical (unpaired) electrons. The second-order valence-corrected chi connectivity index (χ2v) is 6.13. The minimum absolute atomic E-state index is 0.142. The molecular weight excluding hydrogens is 332 g/mol. The van der Waals surface area contributed by atoms with Gasteiger partial charge in [-0.05, 0) is 49.6 Å². The first-order valence-electron chi connectivity index (χ1n) is 8.56. The van der Waals surface area contributed by atoms with E-state index in [4.69, 9.17) is 9.47 Å². The van der Waals surface area contributed by atoms with E-state index in [0.29, 0.717) is 17.9 Å². The van der Waals surface area contributed by atoms with E-state index in [9.17, 15) is 9.59 Å². The van der Waals surface area contributed by atoms with Gasteiger partial charge < -0.3 is 20.1 Å². The molecule has 26 heavy (non-hydrogen) atoms. The summed E-state index contributed by atoms with van der Waals surface area (Å²) in [6, 6.07) is 12.8. The summed E-state index contributed by atoms with van der Waals surface area (Å²) in [5.74, 6) is -0.525. The Labute approximate surface area is 152 Å². The number of benzene rings is 2. The predicted octanol–water partition coefficient (Wildman–Crippen LogP) is 3.64. The fourth-order valence-corrected chi connectivity index (χ4v) is 2.95. The molecule has 1 heterocycles. The zero-order valence-corrected chi connectivity index (χ0v) is 14.9.